The number of rotatable bonds is 7. The molecule has 2 rings (SSSR count). The van der Waals surface area contributed by atoms with E-state index >= 15 is 0 Å². The molecule has 0 unspecified atom stereocenters. The highest BCUT2D eigenvalue weighted by Gasteiger charge is 2.18. The molecule has 7 nitrogen and oxygen atoms in total. The Morgan fingerprint density at radius 1 is 1.18 bits per heavy atom. The van der Waals surface area contributed by atoms with Gasteiger partial charge in [-0.15, -0.1) is 10.3 Å². The lowest BCUT2D eigenvalue weighted by molar-refractivity contribution is 0.0303. The second-order valence-corrected chi connectivity index (χ2v) is 5.87. The van der Waals surface area contributed by atoms with Gasteiger partial charge in [-0.3, -0.25) is 15.3 Å². The molecular formula is C15H25N5O2. The molecule has 2 aromatic rings. The molecule has 0 fully saturated rings. The summed E-state index contributed by atoms with van der Waals surface area (Å²) in [4.78, 5) is 2.36. The molecule has 0 aliphatic rings. The molecular weight excluding hydrogens is 282 g/mol. The molecule has 0 aliphatic heterocycles. The van der Waals surface area contributed by atoms with Crippen molar-refractivity contribution in [2.75, 3.05) is 23.6 Å². The van der Waals surface area contributed by atoms with Crippen molar-refractivity contribution in [3.63, 3.8) is 0 Å². The Hall–Kier alpha value is -1.83. The second kappa shape index (κ2) is 6.95. The number of nitrogens with zero attached hydrogens (tertiary/aromatic N) is 4. The van der Waals surface area contributed by atoms with Crippen molar-refractivity contribution < 1.29 is 10.4 Å². The van der Waals surface area contributed by atoms with E-state index < -0.39 is 0 Å². The van der Waals surface area contributed by atoms with Crippen molar-refractivity contribution in [3.8, 4) is 0 Å². The van der Waals surface area contributed by atoms with Crippen LogP contribution in [0.2, 0.25) is 0 Å². The zero-order chi connectivity index (χ0) is 16.3. The van der Waals surface area contributed by atoms with Crippen molar-refractivity contribution in [2.45, 2.75) is 39.8 Å². The zero-order valence-corrected chi connectivity index (χ0v) is 13.6. The summed E-state index contributed by atoms with van der Waals surface area (Å²) in [6.07, 6.45) is 1.77. The molecule has 0 radical (unpaired) electrons. The molecule has 122 valence electrons. The quantitative estimate of drug-likeness (QED) is 0.682. The fraction of sp³-hybridized carbons (Fsp3) is 0.533. The molecule has 0 bridgehead atoms. The number of hydrogen-bond acceptors (Lipinski definition) is 6. The molecule has 0 saturated heterocycles. The lowest BCUT2D eigenvalue weighted by Crippen LogP contribution is -2.40. The smallest absolute Gasteiger partial charge is 0.177 e. The molecule has 0 spiro atoms. The lowest BCUT2D eigenvalue weighted by Gasteiger charge is -2.30. The summed E-state index contributed by atoms with van der Waals surface area (Å²) in [7, 11) is 0. The third-order valence-electron chi connectivity index (χ3n) is 3.70. The first-order valence-electron chi connectivity index (χ1n) is 7.56. The Balaban J connectivity index is 2.13. The Kier molecular flexibility index (Phi) is 5.23. The summed E-state index contributed by atoms with van der Waals surface area (Å²) < 4.78 is 1.61. The molecule has 2 heterocycles. The Labute approximate surface area is 130 Å². The predicted octanol–water partition coefficient (Wildman–Crippen LogP) is 2.45. The van der Waals surface area contributed by atoms with Crippen LogP contribution in [0, 0.1) is 0 Å². The minimum Gasteiger partial charge on any atom is -0.365 e. The van der Waals surface area contributed by atoms with Gasteiger partial charge in [-0.2, -0.15) is 0 Å². The average molecular weight is 307 g/mol. The van der Waals surface area contributed by atoms with Crippen molar-refractivity contribution in [2.24, 2.45) is 0 Å². The van der Waals surface area contributed by atoms with Crippen LogP contribution < -0.4 is 10.5 Å². The summed E-state index contributed by atoms with van der Waals surface area (Å²) in [5.41, 5.74) is 0.876. The summed E-state index contributed by atoms with van der Waals surface area (Å²) in [5.74, 6) is 0.448. The topological polar surface area (TPSA) is 76.3 Å². The van der Waals surface area contributed by atoms with Gasteiger partial charge in [0.1, 0.15) is 0 Å². The molecule has 3 N–H and O–H groups in total. The summed E-state index contributed by atoms with van der Waals surface area (Å²) >= 11 is 0. The van der Waals surface area contributed by atoms with Gasteiger partial charge in [-0.1, -0.05) is 6.07 Å². The van der Waals surface area contributed by atoms with E-state index in [0.717, 1.165) is 6.54 Å². The van der Waals surface area contributed by atoms with E-state index in [1.54, 1.807) is 16.8 Å². The minimum atomic E-state index is 0.118. The van der Waals surface area contributed by atoms with Crippen LogP contribution in [0.5, 0.6) is 0 Å². The van der Waals surface area contributed by atoms with Crippen LogP contribution in [0.3, 0.4) is 0 Å². The second-order valence-electron chi connectivity index (χ2n) is 5.87. The number of fused-ring (bicyclic) bond motifs is 1. The van der Waals surface area contributed by atoms with E-state index in [-0.39, 0.29) is 10.9 Å². The maximum atomic E-state index is 9.46. The Bertz CT molecular complexity index is 601. The molecule has 2 aromatic heterocycles. The van der Waals surface area contributed by atoms with Crippen LogP contribution in [-0.2, 0) is 0 Å². The zero-order valence-electron chi connectivity index (χ0n) is 13.6. The van der Waals surface area contributed by atoms with Gasteiger partial charge in [0.05, 0.1) is 5.52 Å². The van der Waals surface area contributed by atoms with Crippen LogP contribution >= 0.6 is 0 Å². The number of hydrogen-bond donors (Lipinski definition) is 3. The first-order chi connectivity index (χ1) is 10.4. The minimum absolute atomic E-state index is 0.118. The predicted molar refractivity (Wildman–Crippen MR) is 86.7 cm³/mol. The molecule has 7 heteroatoms. The Morgan fingerprint density at radius 2 is 1.86 bits per heavy atom. The average Bonchev–Trinajstić information content (AvgIpc) is 2.80. The number of anilines is 2. The molecule has 0 aliphatic carbocycles. The van der Waals surface area contributed by atoms with Gasteiger partial charge in [0.25, 0.3) is 0 Å². The van der Waals surface area contributed by atoms with Gasteiger partial charge in [-0.25, -0.2) is 4.52 Å². The largest absolute Gasteiger partial charge is 0.365 e. The van der Waals surface area contributed by atoms with Crippen molar-refractivity contribution in [1.82, 2.24) is 14.5 Å². The van der Waals surface area contributed by atoms with E-state index in [1.165, 1.54) is 0 Å². The van der Waals surface area contributed by atoms with Gasteiger partial charge in [-0.05, 0) is 39.8 Å². The van der Waals surface area contributed by atoms with Crippen LogP contribution in [-0.4, -0.2) is 50.1 Å². The van der Waals surface area contributed by atoms with Crippen LogP contribution in [0.25, 0.3) is 5.52 Å². The van der Waals surface area contributed by atoms with Gasteiger partial charge < -0.3 is 5.32 Å². The normalized spacial score (nSPS) is 11.9. The van der Waals surface area contributed by atoms with Crippen LogP contribution in [0.1, 0.15) is 27.7 Å². The number of pyridine rings is 1. The molecule has 0 saturated carbocycles. The van der Waals surface area contributed by atoms with Gasteiger partial charge in [0, 0.05) is 31.4 Å². The number of nitrogens with one attached hydrogen (secondary N) is 1. The van der Waals surface area contributed by atoms with Gasteiger partial charge in [0.15, 0.2) is 11.5 Å². The maximum absolute atomic E-state index is 9.46. The maximum Gasteiger partial charge on any atom is 0.177 e. The van der Waals surface area contributed by atoms with E-state index in [1.807, 2.05) is 12.1 Å². The summed E-state index contributed by atoms with van der Waals surface area (Å²) in [6, 6.07) is 6.35. The van der Waals surface area contributed by atoms with E-state index in [9.17, 15) is 10.4 Å². The van der Waals surface area contributed by atoms with E-state index in [2.05, 4.69) is 43.0 Å². The third-order valence-corrected chi connectivity index (χ3v) is 3.70. The SMILES string of the molecule is CC(C)N(CCNc1nn2ccccc2c1N(O)O)C(C)C. The third kappa shape index (κ3) is 3.49. The first-order valence-corrected chi connectivity index (χ1v) is 7.56. The fourth-order valence-electron chi connectivity index (χ4n) is 2.72. The highest BCUT2D eigenvalue weighted by atomic mass is 16.8. The van der Waals surface area contributed by atoms with Crippen LogP contribution in [0.4, 0.5) is 11.5 Å². The molecule has 0 atom stereocenters. The summed E-state index contributed by atoms with van der Waals surface area (Å²) in [6.45, 7) is 10.2. The fourth-order valence-corrected chi connectivity index (χ4v) is 2.72. The standard InChI is InChI=1S/C15H25N5O2/c1-11(2)18(12(3)4)10-8-16-15-14(20(21)22)13-7-5-6-9-19(13)17-15/h5-7,9,11-12,21-22H,8,10H2,1-4H3,(H,16,17). The monoisotopic (exact) mass is 307 g/mol. The van der Waals surface area contributed by atoms with E-state index in [4.69, 9.17) is 0 Å². The van der Waals surface area contributed by atoms with Crippen molar-refractivity contribution in [1.29, 1.82) is 0 Å². The highest BCUT2D eigenvalue weighted by Crippen LogP contribution is 2.28. The van der Waals surface area contributed by atoms with Crippen molar-refractivity contribution >= 4 is 17.0 Å². The summed E-state index contributed by atoms with van der Waals surface area (Å²) in [5, 5.41) is 26.6. The Morgan fingerprint density at radius 3 is 2.45 bits per heavy atom. The van der Waals surface area contributed by atoms with Crippen LogP contribution in [0.15, 0.2) is 24.4 Å². The van der Waals surface area contributed by atoms with Crippen molar-refractivity contribution in [3.05, 3.63) is 24.4 Å². The van der Waals surface area contributed by atoms with Gasteiger partial charge >= 0.3 is 0 Å². The molecule has 0 amide bonds. The first kappa shape index (κ1) is 16.5. The molecule has 0 aromatic carbocycles. The van der Waals surface area contributed by atoms with Gasteiger partial charge in [0.2, 0.25) is 0 Å². The number of aromatic nitrogens is 2. The van der Waals surface area contributed by atoms with E-state index in [0.29, 0.717) is 30.0 Å². The lowest BCUT2D eigenvalue weighted by atomic mass is 10.2. The molecule has 22 heavy (non-hydrogen) atoms. The highest BCUT2D eigenvalue weighted by molar-refractivity contribution is 5.82.